The molecule has 6 nitrogen and oxygen atoms in total. The van der Waals surface area contributed by atoms with Crippen molar-refractivity contribution in [3.05, 3.63) is 29.8 Å². The molecule has 0 aliphatic carbocycles. The Hall–Kier alpha value is -2.24. The van der Waals surface area contributed by atoms with E-state index in [4.69, 9.17) is 4.74 Å². The molecule has 1 aliphatic heterocycles. The Morgan fingerprint density at radius 2 is 1.83 bits per heavy atom. The molecule has 3 amide bonds. The molecular weight excluding hydrogens is 294 g/mol. The first kappa shape index (κ1) is 17.1. The van der Waals surface area contributed by atoms with E-state index in [-0.39, 0.29) is 11.9 Å². The van der Waals surface area contributed by atoms with E-state index in [0.717, 1.165) is 12.8 Å². The number of nitrogens with zero attached hydrogens (tertiary/aromatic N) is 2. The largest absolute Gasteiger partial charge is 0.496 e. The van der Waals surface area contributed by atoms with E-state index in [1.54, 1.807) is 29.0 Å². The number of carbonyl (C=O) groups excluding carboxylic acids is 2. The molecule has 1 heterocycles. The molecule has 1 aromatic carbocycles. The average Bonchev–Trinajstić information content (AvgIpc) is 2.85. The van der Waals surface area contributed by atoms with Gasteiger partial charge in [-0.3, -0.25) is 4.79 Å². The Morgan fingerprint density at radius 1 is 1.13 bits per heavy atom. The van der Waals surface area contributed by atoms with Gasteiger partial charge in [-0.2, -0.15) is 0 Å². The zero-order valence-electron chi connectivity index (χ0n) is 13.9. The molecular formula is C17H25N3O3. The fraction of sp³-hybridized carbons (Fsp3) is 0.529. The number of benzene rings is 1. The van der Waals surface area contributed by atoms with Gasteiger partial charge >= 0.3 is 6.03 Å². The molecule has 1 aliphatic rings. The van der Waals surface area contributed by atoms with Gasteiger partial charge in [0.05, 0.1) is 12.7 Å². The van der Waals surface area contributed by atoms with Crippen molar-refractivity contribution in [2.45, 2.75) is 19.8 Å². The Morgan fingerprint density at radius 3 is 2.57 bits per heavy atom. The number of carbonyl (C=O) groups is 2. The minimum absolute atomic E-state index is 0.0431. The van der Waals surface area contributed by atoms with E-state index in [2.05, 4.69) is 5.32 Å². The second kappa shape index (κ2) is 8.41. The summed E-state index contributed by atoms with van der Waals surface area (Å²) in [6.07, 6.45) is 1.69. The molecule has 6 heteroatoms. The first-order chi connectivity index (χ1) is 11.2. The van der Waals surface area contributed by atoms with Crippen molar-refractivity contribution < 1.29 is 14.3 Å². The third-order valence-electron chi connectivity index (χ3n) is 3.93. The molecule has 0 bridgehead atoms. The lowest BCUT2D eigenvalue weighted by Gasteiger charge is -2.23. The summed E-state index contributed by atoms with van der Waals surface area (Å²) >= 11 is 0. The van der Waals surface area contributed by atoms with Crippen molar-refractivity contribution >= 4 is 11.9 Å². The van der Waals surface area contributed by atoms with E-state index >= 15 is 0 Å². The van der Waals surface area contributed by atoms with Crippen molar-refractivity contribution in [2.24, 2.45) is 0 Å². The van der Waals surface area contributed by atoms with Gasteiger partial charge in [0.2, 0.25) is 0 Å². The third-order valence-corrected chi connectivity index (χ3v) is 3.93. The van der Waals surface area contributed by atoms with Crippen LogP contribution in [0.25, 0.3) is 0 Å². The van der Waals surface area contributed by atoms with Crippen LogP contribution in [0.3, 0.4) is 0 Å². The predicted molar refractivity (Wildman–Crippen MR) is 88.8 cm³/mol. The van der Waals surface area contributed by atoms with E-state index in [0.29, 0.717) is 44.0 Å². The van der Waals surface area contributed by atoms with Crippen LogP contribution in [0, 0.1) is 0 Å². The Bertz CT molecular complexity index is 548. The summed E-state index contributed by atoms with van der Waals surface area (Å²) in [6, 6.07) is 7.20. The van der Waals surface area contributed by atoms with Gasteiger partial charge in [-0.25, -0.2) is 4.79 Å². The number of amides is 3. The molecule has 0 spiro atoms. The van der Waals surface area contributed by atoms with E-state index in [1.807, 2.05) is 19.1 Å². The fourth-order valence-corrected chi connectivity index (χ4v) is 2.66. The van der Waals surface area contributed by atoms with Crippen molar-refractivity contribution in [1.29, 1.82) is 0 Å². The van der Waals surface area contributed by atoms with E-state index in [1.165, 1.54) is 0 Å². The maximum Gasteiger partial charge on any atom is 0.317 e. The first-order valence-electron chi connectivity index (χ1n) is 8.12. The molecule has 0 atom stereocenters. The van der Waals surface area contributed by atoms with Crippen LogP contribution in [0.2, 0.25) is 0 Å². The highest BCUT2D eigenvalue weighted by Crippen LogP contribution is 2.20. The summed E-state index contributed by atoms with van der Waals surface area (Å²) in [5, 5.41) is 2.89. The second-order valence-corrected chi connectivity index (χ2v) is 5.57. The topological polar surface area (TPSA) is 61.9 Å². The summed E-state index contributed by atoms with van der Waals surface area (Å²) in [4.78, 5) is 28.3. The maximum atomic E-state index is 12.7. The standard InChI is InChI=1S/C17H25N3O3/c1-3-9-18-17(22)20-11-6-10-19(12-13-20)16(21)14-7-4-5-8-15(14)23-2/h4-5,7-8H,3,6,9-13H2,1-2H3,(H,18,22). The van der Waals surface area contributed by atoms with Gasteiger partial charge in [-0.1, -0.05) is 19.1 Å². The van der Waals surface area contributed by atoms with E-state index in [9.17, 15) is 9.59 Å². The summed E-state index contributed by atoms with van der Waals surface area (Å²) in [5.74, 6) is 0.539. The molecule has 0 radical (unpaired) electrons. The van der Waals surface area contributed by atoms with Crippen LogP contribution in [0.5, 0.6) is 5.75 Å². The molecule has 126 valence electrons. The van der Waals surface area contributed by atoms with Crippen molar-refractivity contribution in [1.82, 2.24) is 15.1 Å². The number of methoxy groups -OCH3 is 1. The van der Waals surface area contributed by atoms with Crippen molar-refractivity contribution in [2.75, 3.05) is 39.8 Å². The minimum Gasteiger partial charge on any atom is -0.496 e. The van der Waals surface area contributed by atoms with Crippen LogP contribution >= 0.6 is 0 Å². The molecule has 1 saturated heterocycles. The summed E-state index contributed by atoms with van der Waals surface area (Å²) in [7, 11) is 1.56. The quantitative estimate of drug-likeness (QED) is 0.923. The molecule has 0 unspecified atom stereocenters. The number of nitrogens with one attached hydrogen (secondary N) is 1. The summed E-state index contributed by atoms with van der Waals surface area (Å²) < 4.78 is 5.27. The highest BCUT2D eigenvalue weighted by molar-refractivity contribution is 5.97. The minimum atomic E-state index is -0.0433. The van der Waals surface area contributed by atoms with Gasteiger partial charge < -0.3 is 19.9 Å². The normalized spacial score (nSPS) is 15.0. The Labute approximate surface area is 137 Å². The molecule has 1 N–H and O–H groups in total. The van der Waals surface area contributed by atoms with Gasteiger partial charge in [-0.05, 0) is 25.0 Å². The predicted octanol–water partition coefficient (Wildman–Crippen LogP) is 1.96. The molecule has 0 saturated carbocycles. The maximum absolute atomic E-state index is 12.7. The molecule has 1 aromatic rings. The smallest absolute Gasteiger partial charge is 0.317 e. The number of para-hydroxylation sites is 1. The van der Waals surface area contributed by atoms with Gasteiger partial charge in [0.25, 0.3) is 5.91 Å². The van der Waals surface area contributed by atoms with Crippen LogP contribution in [-0.4, -0.2) is 61.6 Å². The number of urea groups is 1. The summed E-state index contributed by atoms with van der Waals surface area (Å²) in [5.41, 5.74) is 0.568. The zero-order chi connectivity index (χ0) is 16.7. The van der Waals surface area contributed by atoms with Gasteiger partial charge in [0, 0.05) is 32.7 Å². The summed E-state index contributed by atoms with van der Waals surface area (Å²) in [6.45, 7) is 5.11. The van der Waals surface area contributed by atoms with Gasteiger partial charge in [0.1, 0.15) is 5.75 Å². The molecule has 0 aromatic heterocycles. The van der Waals surface area contributed by atoms with Crippen molar-refractivity contribution in [3.63, 3.8) is 0 Å². The average molecular weight is 319 g/mol. The SMILES string of the molecule is CCCNC(=O)N1CCCN(C(=O)c2ccccc2OC)CC1. The Kier molecular flexibility index (Phi) is 6.26. The second-order valence-electron chi connectivity index (χ2n) is 5.57. The van der Waals surface area contributed by atoms with Crippen molar-refractivity contribution in [3.8, 4) is 5.75 Å². The lowest BCUT2D eigenvalue weighted by molar-refractivity contribution is 0.0759. The monoisotopic (exact) mass is 319 g/mol. The number of ether oxygens (including phenoxy) is 1. The number of hydrogen-bond donors (Lipinski definition) is 1. The highest BCUT2D eigenvalue weighted by atomic mass is 16.5. The van der Waals surface area contributed by atoms with Crippen LogP contribution in [0.4, 0.5) is 4.79 Å². The Balaban J connectivity index is 2.00. The van der Waals surface area contributed by atoms with Crippen LogP contribution in [0.1, 0.15) is 30.1 Å². The van der Waals surface area contributed by atoms with Crippen LogP contribution in [0.15, 0.2) is 24.3 Å². The number of rotatable bonds is 4. The molecule has 1 fully saturated rings. The zero-order valence-corrected chi connectivity index (χ0v) is 13.9. The lowest BCUT2D eigenvalue weighted by Crippen LogP contribution is -2.42. The third kappa shape index (κ3) is 4.37. The van der Waals surface area contributed by atoms with Crippen LogP contribution < -0.4 is 10.1 Å². The lowest BCUT2D eigenvalue weighted by atomic mass is 10.1. The van der Waals surface area contributed by atoms with Crippen LogP contribution in [-0.2, 0) is 0 Å². The number of hydrogen-bond acceptors (Lipinski definition) is 3. The highest BCUT2D eigenvalue weighted by Gasteiger charge is 2.24. The van der Waals surface area contributed by atoms with Gasteiger partial charge in [-0.15, -0.1) is 0 Å². The van der Waals surface area contributed by atoms with Gasteiger partial charge in [0.15, 0.2) is 0 Å². The van der Waals surface area contributed by atoms with E-state index < -0.39 is 0 Å². The first-order valence-corrected chi connectivity index (χ1v) is 8.12. The molecule has 23 heavy (non-hydrogen) atoms. The fourth-order valence-electron chi connectivity index (χ4n) is 2.66. The molecule has 2 rings (SSSR count).